The average Bonchev–Trinajstić information content (AvgIpc) is 2.80. The summed E-state index contributed by atoms with van der Waals surface area (Å²) in [5, 5.41) is 7.12. The van der Waals surface area contributed by atoms with Gasteiger partial charge < -0.3 is 14.7 Å². The monoisotopic (exact) mass is 238 g/mol. The van der Waals surface area contributed by atoms with Gasteiger partial charge in [0.05, 0.1) is 6.04 Å². The van der Waals surface area contributed by atoms with Crippen LogP contribution in [-0.4, -0.2) is 41.7 Å². The number of likely N-dealkylation sites (N-methyl/N-ethyl adjacent to an activating group) is 1. The minimum Gasteiger partial charge on any atom is -0.339 e. The Kier molecular flexibility index (Phi) is 4.12. The molecule has 0 saturated carbocycles. The third-order valence-electron chi connectivity index (χ3n) is 3.64. The topological polar surface area (TPSA) is 54.2 Å². The Morgan fingerprint density at radius 3 is 3.06 bits per heavy atom. The predicted octanol–water partition coefficient (Wildman–Crippen LogP) is 1.38. The van der Waals surface area contributed by atoms with E-state index in [1.807, 2.05) is 14.0 Å². The van der Waals surface area contributed by atoms with Crippen molar-refractivity contribution in [3.8, 4) is 0 Å². The molecule has 1 saturated heterocycles. The lowest BCUT2D eigenvalue weighted by Crippen LogP contribution is -2.37. The quantitative estimate of drug-likeness (QED) is 0.858. The van der Waals surface area contributed by atoms with Gasteiger partial charge in [0.15, 0.2) is 5.82 Å². The SMILES string of the molecule is CNC(C)c1noc(CC2CCCCN2C)n1. The van der Waals surface area contributed by atoms with Crippen LogP contribution < -0.4 is 5.32 Å². The fourth-order valence-electron chi connectivity index (χ4n) is 2.26. The summed E-state index contributed by atoms with van der Waals surface area (Å²) in [6, 6.07) is 0.707. The molecule has 2 unspecified atom stereocenters. The fraction of sp³-hybridized carbons (Fsp3) is 0.833. The molecule has 2 heterocycles. The highest BCUT2D eigenvalue weighted by Gasteiger charge is 2.22. The molecule has 0 bridgehead atoms. The van der Waals surface area contributed by atoms with Crippen LogP contribution in [0.25, 0.3) is 0 Å². The van der Waals surface area contributed by atoms with Gasteiger partial charge in [0.25, 0.3) is 0 Å². The highest BCUT2D eigenvalue weighted by Crippen LogP contribution is 2.19. The highest BCUT2D eigenvalue weighted by molar-refractivity contribution is 4.94. The lowest BCUT2D eigenvalue weighted by atomic mass is 10.0. The van der Waals surface area contributed by atoms with Gasteiger partial charge in [-0.3, -0.25) is 0 Å². The van der Waals surface area contributed by atoms with Gasteiger partial charge >= 0.3 is 0 Å². The maximum Gasteiger partial charge on any atom is 0.228 e. The maximum absolute atomic E-state index is 5.31. The largest absolute Gasteiger partial charge is 0.339 e. The van der Waals surface area contributed by atoms with Gasteiger partial charge in [-0.1, -0.05) is 11.6 Å². The summed E-state index contributed by atoms with van der Waals surface area (Å²) >= 11 is 0. The zero-order valence-electron chi connectivity index (χ0n) is 10.9. The van der Waals surface area contributed by atoms with Crippen LogP contribution in [0.2, 0.25) is 0 Å². The van der Waals surface area contributed by atoms with Gasteiger partial charge in [-0.2, -0.15) is 4.98 Å². The predicted molar refractivity (Wildman–Crippen MR) is 65.7 cm³/mol. The van der Waals surface area contributed by atoms with Crippen molar-refractivity contribution in [1.29, 1.82) is 0 Å². The van der Waals surface area contributed by atoms with Crippen LogP contribution in [0.3, 0.4) is 0 Å². The third-order valence-corrected chi connectivity index (χ3v) is 3.64. The summed E-state index contributed by atoms with van der Waals surface area (Å²) in [5.41, 5.74) is 0. The zero-order chi connectivity index (χ0) is 12.3. The summed E-state index contributed by atoms with van der Waals surface area (Å²) in [6.45, 7) is 3.21. The molecule has 2 atom stereocenters. The smallest absolute Gasteiger partial charge is 0.228 e. The summed E-state index contributed by atoms with van der Waals surface area (Å²) < 4.78 is 5.31. The van der Waals surface area contributed by atoms with Gasteiger partial charge in [0.2, 0.25) is 5.89 Å². The molecule has 1 aliphatic heterocycles. The molecule has 1 aromatic heterocycles. The van der Waals surface area contributed by atoms with Crippen LogP contribution in [0.1, 0.15) is 43.9 Å². The Morgan fingerprint density at radius 2 is 2.35 bits per heavy atom. The second kappa shape index (κ2) is 5.60. The van der Waals surface area contributed by atoms with Crippen LogP contribution in [0.4, 0.5) is 0 Å². The van der Waals surface area contributed by atoms with E-state index in [1.165, 1.54) is 25.8 Å². The van der Waals surface area contributed by atoms with Crippen molar-refractivity contribution < 1.29 is 4.52 Å². The van der Waals surface area contributed by atoms with Crippen molar-refractivity contribution in [2.45, 2.75) is 44.7 Å². The van der Waals surface area contributed by atoms with Crippen LogP contribution in [0, 0.1) is 0 Å². The average molecular weight is 238 g/mol. The van der Waals surface area contributed by atoms with E-state index in [9.17, 15) is 0 Å². The maximum atomic E-state index is 5.31. The number of rotatable bonds is 4. The molecule has 0 aliphatic carbocycles. The first-order chi connectivity index (χ1) is 8.20. The molecule has 5 nitrogen and oxygen atoms in total. The van der Waals surface area contributed by atoms with E-state index in [4.69, 9.17) is 4.52 Å². The second-order valence-electron chi connectivity index (χ2n) is 4.89. The molecule has 0 amide bonds. The fourth-order valence-corrected chi connectivity index (χ4v) is 2.26. The molecule has 0 spiro atoms. The molecule has 1 fully saturated rings. The second-order valence-corrected chi connectivity index (χ2v) is 4.89. The van der Waals surface area contributed by atoms with Crippen LogP contribution >= 0.6 is 0 Å². The van der Waals surface area contributed by atoms with Crippen molar-refractivity contribution in [3.05, 3.63) is 11.7 Å². The molecule has 1 aromatic rings. The van der Waals surface area contributed by atoms with E-state index >= 15 is 0 Å². The van der Waals surface area contributed by atoms with Crippen molar-refractivity contribution in [2.24, 2.45) is 0 Å². The Balaban J connectivity index is 1.96. The molecular formula is C12H22N4O. The first-order valence-corrected chi connectivity index (χ1v) is 6.40. The highest BCUT2D eigenvalue weighted by atomic mass is 16.5. The molecule has 5 heteroatoms. The Hall–Kier alpha value is -0.940. The molecule has 1 aliphatic rings. The number of likely N-dealkylation sites (tertiary alicyclic amines) is 1. The number of aromatic nitrogens is 2. The van der Waals surface area contributed by atoms with E-state index in [1.54, 1.807) is 0 Å². The number of nitrogens with zero attached hydrogens (tertiary/aromatic N) is 3. The van der Waals surface area contributed by atoms with Crippen molar-refractivity contribution in [2.75, 3.05) is 20.6 Å². The van der Waals surface area contributed by atoms with Crippen molar-refractivity contribution in [1.82, 2.24) is 20.4 Å². The van der Waals surface area contributed by atoms with E-state index in [0.29, 0.717) is 6.04 Å². The summed E-state index contributed by atoms with van der Waals surface area (Å²) in [5.74, 6) is 1.52. The first-order valence-electron chi connectivity index (χ1n) is 6.40. The van der Waals surface area contributed by atoms with Gasteiger partial charge in [-0.05, 0) is 40.4 Å². The number of hydrogen-bond donors (Lipinski definition) is 1. The van der Waals surface area contributed by atoms with Gasteiger partial charge in [-0.15, -0.1) is 0 Å². The Labute approximate surface area is 103 Å². The Bertz CT molecular complexity index is 352. The third kappa shape index (κ3) is 3.04. The van der Waals surface area contributed by atoms with Gasteiger partial charge in [-0.25, -0.2) is 0 Å². The number of nitrogens with one attached hydrogen (secondary N) is 1. The first kappa shape index (κ1) is 12.5. The van der Waals surface area contributed by atoms with Gasteiger partial charge in [0.1, 0.15) is 0 Å². The zero-order valence-corrected chi connectivity index (χ0v) is 10.9. The molecule has 96 valence electrons. The molecular weight excluding hydrogens is 216 g/mol. The normalized spacial score (nSPS) is 23.8. The minimum atomic E-state index is 0.150. The number of hydrogen-bond acceptors (Lipinski definition) is 5. The molecule has 17 heavy (non-hydrogen) atoms. The van der Waals surface area contributed by atoms with E-state index in [-0.39, 0.29) is 6.04 Å². The summed E-state index contributed by atoms with van der Waals surface area (Å²) in [4.78, 5) is 6.84. The van der Waals surface area contributed by atoms with E-state index in [2.05, 4.69) is 27.4 Å². The standard InChI is InChI=1S/C12H22N4O/c1-9(13-2)12-14-11(17-15-12)8-10-6-4-5-7-16(10)3/h9-10,13H,4-8H2,1-3H3. The number of piperidine rings is 1. The molecule has 0 aromatic carbocycles. The summed E-state index contributed by atoms with van der Waals surface area (Å²) in [7, 11) is 4.08. The van der Waals surface area contributed by atoms with Crippen LogP contribution in [0.5, 0.6) is 0 Å². The van der Waals surface area contributed by atoms with Crippen molar-refractivity contribution in [3.63, 3.8) is 0 Å². The summed E-state index contributed by atoms with van der Waals surface area (Å²) in [6.07, 6.45) is 4.72. The lowest BCUT2D eigenvalue weighted by Gasteiger charge is -2.31. The molecule has 1 N–H and O–H groups in total. The van der Waals surface area contributed by atoms with Crippen LogP contribution in [0.15, 0.2) is 4.52 Å². The van der Waals surface area contributed by atoms with E-state index in [0.717, 1.165) is 18.1 Å². The molecule has 2 rings (SSSR count). The Morgan fingerprint density at radius 1 is 1.53 bits per heavy atom. The van der Waals surface area contributed by atoms with Gasteiger partial charge in [0, 0.05) is 12.5 Å². The van der Waals surface area contributed by atoms with E-state index < -0.39 is 0 Å². The molecule has 0 radical (unpaired) electrons. The van der Waals surface area contributed by atoms with Crippen LogP contribution in [-0.2, 0) is 6.42 Å². The van der Waals surface area contributed by atoms with Crippen molar-refractivity contribution >= 4 is 0 Å². The minimum absolute atomic E-state index is 0.150. The lowest BCUT2D eigenvalue weighted by molar-refractivity contribution is 0.173.